The van der Waals surface area contributed by atoms with Crippen molar-refractivity contribution in [2.24, 2.45) is 0 Å². The lowest BCUT2D eigenvalue weighted by molar-refractivity contribution is 0.0806. The maximum absolute atomic E-state index is 13.1. The Balaban J connectivity index is 1.98. The number of benzene rings is 1. The number of halogens is 1. The lowest BCUT2D eigenvalue weighted by atomic mass is 10.1. The van der Waals surface area contributed by atoms with E-state index < -0.39 is 6.10 Å². The van der Waals surface area contributed by atoms with E-state index in [1.165, 1.54) is 25.5 Å². The van der Waals surface area contributed by atoms with Crippen molar-refractivity contribution in [3.63, 3.8) is 0 Å². The van der Waals surface area contributed by atoms with E-state index in [4.69, 9.17) is 9.15 Å². The zero-order valence-electron chi connectivity index (χ0n) is 10.4. The van der Waals surface area contributed by atoms with E-state index in [-0.39, 0.29) is 24.0 Å². The van der Waals surface area contributed by atoms with Crippen molar-refractivity contribution in [1.29, 1.82) is 0 Å². The van der Waals surface area contributed by atoms with Gasteiger partial charge in [-0.3, -0.25) is 4.79 Å². The van der Waals surface area contributed by atoms with Crippen LogP contribution in [0, 0.1) is 5.82 Å². The maximum Gasteiger partial charge on any atom is 0.287 e. The van der Waals surface area contributed by atoms with Gasteiger partial charge in [-0.25, -0.2) is 4.39 Å². The molecule has 1 aromatic heterocycles. The van der Waals surface area contributed by atoms with Gasteiger partial charge >= 0.3 is 0 Å². The summed E-state index contributed by atoms with van der Waals surface area (Å²) in [6.45, 7) is 0.236. The van der Waals surface area contributed by atoms with E-state index >= 15 is 0 Å². The highest BCUT2D eigenvalue weighted by Gasteiger charge is 2.14. The van der Waals surface area contributed by atoms with Gasteiger partial charge in [0.2, 0.25) is 0 Å². The van der Waals surface area contributed by atoms with E-state index in [2.05, 4.69) is 5.32 Å². The molecule has 0 aliphatic rings. The van der Waals surface area contributed by atoms with Crippen molar-refractivity contribution in [1.82, 2.24) is 5.32 Å². The van der Waals surface area contributed by atoms with Gasteiger partial charge in [0.1, 0.15) is 5.82 Å². The molecule has 0 fully saturated rings. The summed E-state index contributed by atoms with van der Waals surface area (Å²) in [6, 6.07) is 9.29. The highest BCUT2D eigenvalue weighted by atomic mass is 19.1. The zero-order valence-corrected chi connectivity index (χ0v) is 10.4. The number of hydrogen-bond donors (Lipinski definition) is 1. The molecule has 4 nitrogen and oxygen atoms in total. The molecule has 0 aliphatic heterocycles. The third-order valence-corrected chi connectivity index (χ3v) is 2.70. The van der Waals surface area contributed by atoms with Gasteiger partial charge in [-0.1, -0.05) is 12.1 Å². The van der Waals surface area contributed by atoms with Gasteiger partial charge in [0, 0.05) is 13.7 Å². The van der Waals surface area contributed by atoms with E-state index in [1.54, 1.807) is 24.3 Å². The molecule has 100 valence electrons. The monoisotopic (exact) mass is 263 g/mol. The van der Waals surface area contributed by atoms with Crippen molar-refractivity contribution in [3.05, 3.63) is 59.8 Å². The van der Waals surface area contributed by atoms with Crippen molar-refractivity contribution in [3.8, 4) is 0 Å². The Morgan fingerprint density at radius 3 is 2.89 bits per heavy atom. The summed E-state index contributed by atoms with van der Waals surface area (Å²) in [5.74, 6) is -0.436. The van der Waals surface area contributed by atoms with Crippen molar-refractivity contribution in [2.45, 2.75) is 6.10 Å². The zero-order chi connectivity index (χ0) is 13.7. The van der Waals surface area contributed by atoms with Crippen LogP contribution in [0.5, 0.6) is 0 Å². The summed E-state index contributed by atoms with van der Waals surface area (Å²) in [6.07, 6.45) is 1.02. The molecule has 0 aliphatic carbocycles. The highest BCUT2D eigenvalue weighted by Crippen LogP contribution is 2.16. The first-order valence-corrected chi connectivity index (χ1v) is 5.80. The largest absolute Gasteiger partial charge is 0.459 e. The molecule has 0 spiro atoms. The number of hydrogen-bond acceptors (Lipinski definition) is 3. The quantitative estimate of drug-likeness (QED) is 0.901. The molecule has 1 unspecified atom stereocenters. The van der Waals surface area contributed by atoms with Gasteiger partial charge in [0.05, 0.1) is 12.4 Å². The molecule has 1 atom stereocenters. The lowest BCUT2D eigenvalue weighted by Gasteiger charge is -2.16. The Bertz CT molecular complexity index is 539. The topological polar surface area (TPSA) is 51.5 Å². The third-order valence-electron chi connectivity index (χ3n) is 2.70. The first-order valence-electron chi connectivity index (χ1n) is 5.80. The second-order valence-corrected chi connectivity index (χ2v) is 3.97. The average Bonchev–Trinajstić information content (AvgIpc) is 2.93. The number of amides is 1. The lowest BCUT2D eigenvalue weighted by Crippen LogP contribution is -2.28. The van der Waals surface area contributed by atoms with Gasteiger partial charge in [-0.05, 0) is 29.8 Å². The molecule has 1 heterocycles. The van der Waals surface area contributed by atoms with Crippen LogP contribution < -0.4 is 5.32 Å². The summed E-state index contributed by atoms with van der Waals surface area (Å²) in [5.41, 5.74) is 0.669. The normalized spacial score (nSPS) is 12.1. The summed E-state index contributed by atoms with van der Waals surface area (Å²) in [7, 11) is 1.51. The van der Waals surface area contributed by atoms with E-state index in [0.717, 1.165) is 0 Å². The third kappa shape index (κ3) is 3.42. The van der Waals surface area contributed by atoms with Gasteiger partial charge in [0.15, 0.2) is 5.76 Å². The van der Waals surface area contributed by atoms with Crippen LogP contribution in [0.25, 0.3) is 0 Å². The Hall–Kier alpha value is -2.14. The smallest absolute Gasteiger partial charge is 0.287 e. The second-order valence-electron chi connectivity index (χ2n) is 3.97. The molecule has 19 heavy (non-hydrogen) atoms. The van der Waals surface area contributed by atoms with Gasteiger partial charge in [0.25, 0.3) is 5.91 Å². The fourth-order valence-electron chi connectivity index (χ4n) is 1.72. The Kier molecular flexibility index (Phi) is 4.30. The SMILES string of the molecule is COC(CNC(=O)c1ccco1)c1cccc(F)c1. The first kappa shape index (κ1) is 13.3. The molecule has 1 N–H and O–H groups in total. The fraction of sp³-hybridized carbons (Fsp3) is 0.214. The minimum atomic E-state index is -0.408. The van der Waals surface area contributed by atoms with Crippen LogP contribution in [0.15, 0.2) is 47.1 Å². The number of carbonyl (C=O) groups excluding carboxylic acids is 1. The summed E-state index contributed by atoms with van der Waals surface area (Å²) >= 11 is 0. The first-order chi connectivity index (χ1) is 9.20. The molecular formula is C14H14FNO3. The van der Waals surface area contributed by atoms with Gasteiger partial charge in [-0.15, -0.1) is 0 Å². The molecule has 0 saturated carbocycles. The molecule has 0 saturated heterocycles. The van der Waals surface area contributed by atoms with Crippen LogP contribution in [0.3, 0.4) is 0 Å². The highest BCUT2D eigenvalue weighted by molar-refractivity contribution is 5.91. The predicted molar refractivity (Wildman–Crippen MR) is 67.2 cm³/mol. The summed E-state index contributed by atoms with van der Waals surface area (Å²) in [5, 5.41) is 2.67. The van der Waals surface area contributed by atoms with Crippen molar-refractivity contribution >= 4 is 5.91 Å². The Labute approximate surface area is 110 Å². The van der Waals surface area contributed by atoms with Gasteiger partial charge < -0.3 is 14.5 Å². The van der Waals surface area contributed by atoms with Crippen LogP contribution >= 0.6 is 0 Å². The molecule has 0 radical (unpaired) electrons. The number of ether oxygens (including phenoxy) is 1. The molecule has 2 aromatic rings. The minimum Gasteiger partial charge on any atom is -0.459 e. The number of carbonyl (C=O) groups is 1. The van der Waals surface area contributed by atoms with Crippen molar-refractivity contribution < 1.29 is 18.3 Å². The summed E-state index contributed by atoms with van der Waals surface area (Å²) in [4.78, 5) is 11.7. The number of rotatable bonds is 5. The molecule has 1 amide bonds. The van der Waals surface area contributed by atoms with Gasteiger partial charge in [-0.2, -0.15) is 0 Å². The Morgan fingerprint density at radius 2 is 2.26 bits per heavy atom. The molecule has 2 rings (SSSR count). The van der Waals surface area contributed by atoms with E-state index in [1.807, 2.05) is 0 Å². The standard InChI is InChI=1S/C14H14FNO3/c1-18-13(10-4-2-5-11(15)8-10)9-16-14(17)12-6-3-7-19-12/h2-8,13H,9H2,1H3,(H,16,17). The predicted octanol–water partition coefficient (Wildman–Crippen LogP) is 2.54. The minimum absolute atomic E-state index is 0.231. The molecule has 1 aromatic carbocycles. The number of nitrogens with one attached hydrogen (secondary N) is 1. The summed E-state index contributed by atoms with van der Waals surface area (Å²) < 4.78 is 23.3. The van der Waals surface area contributed by atoms with Crippen LogP contribution in [0.2, 0.25) is 0 Å². The molecule has 5 heteroatoms. The van der Waals surface area contributed by atoms with Crippen LogP contribution in [0.1, 0.15) is 22.2 Å². The van der Waals surface area contributed by atoms with E-state index in [0.29, 0.717) is 5.56 Å². The van der Waals surface area contributed by atoms with E-state index in [9.17, 15) is 9.18 Å². The number of furan rings is 1. The fourth-order valence-corrected chi connectivity index (χ4v) is 1.72. The van der Waals surface area contributed by atoms with Crippen LogP contribution in [-0.2, 0) is 4.74 Å². The Morgan fingerprint density at radius 1 is 1.42 bits per heavy atom. The van der Waals surface area contributed by atoms with Crippen LogP contribution in [-0.4, -0.2) is 19.6 Å². The molecular weight excluding hydrogens is 249 g/mol. The average molecular weight is 263 g/mol. The number of methoxy groups -OCH3 is 1. The second kappa shape index (κ2) is 6.15. The van der Waals surface area contributed by atoms with Crippen molar-refractivity contribution in [2.75, 3.05) is 13.7 Å². The maximum atomic E-state index is 13.1. The van der Waals surface area contributed by atoms with Crippen LogP contribution in [0.4, 0.5) is 4.39 Å². The molecule has 0 bridgehead atoms.